The van der Waals surface area contributed by atoms with Crippen LogP contribution in [0, 0.1) is 13.8 Å². The summed E-state index contributed by atoms with van der Waals surface area (Å²) in [5.74, 6) is 0.116. The molecule has 1 atom stereocenters. The maximum Gasteiger partial charge on any atom is 0.336 e. The highest BCUT2D eigenvalue weighted by Gasteiger charge is 2.13. The summed E-state index contributed by atoms with van der Waals surface area (Å²) in [4.78, 5) is 23.6. The molecule has 1 unspecified atom stereocenters. The second-order valence-electron chi connectivity index (χ2n) is 6.33. The van der Waals surface area contributed by atoms with Crippen LogP contribution in [0.15, 0.2) is 57.7 Å². The molecular weight excluding hydrogens is 346 g/mol. The van der Waals surface area contributed by atoms with Gasteiger partial charge in [-0.1, -0.05) is 30.3 Å². The molecule has 0 aliphatic heterocycles. The number of aryl methyl sites for hydroxylation is 2. The van der Waals surface area contributed by atoms with Crippen molar-refractivity contribution in [1.82, 2.24) is 5.32 Å². The second kappa shape index (κ2) is 8.05. The normalized spacial score (nSPS) is 12.0. The Morgan fingerprint density at radius 3 is 2.67 bits per heavy atom. The molecule has 27 heavy (non-hydrogen) atoms. The number of aliphatic hydroxyl groups is 1. The van der Waals surface area contributed by atoms with Crippen LogP contribution in [0.2, 0.25) is 0 Å². The Balaban J connectivity index is 1.62. The van der Waals surface area contributed by atoms with Crippen LogP contribution < -0.4 is 15.7 Å². The van der Waals surface area contributed by atoms with Gasteiger partial charge in [0.25, 0.3) is 5.91 Å². The van der Waals surface area contributed by atoms with E-state index in [4.69, 9.17) is 9.15 Å². The molecule has 6 heteroatoms. The largest absolute Gasteiger partial charge is 0.483 e. The van der Waals surface area contributed by atoms with Crippen molar-refractivity contribution < 1.29 is 19.1 Å². The van der Waals surface area contributed by atoms with E-state index in [1.807, 2.05) is 25.1 Å². The first-order valence-electron chi connectivity index (χ1n) is 8.62. The number of hydrogen-bond acceptors (Lipinski definition) is 5. The minimum absolute atomic E-state index is 0.0942. The molecule has 140 valence electrons. The number of rotatable bonds is 6. The zero-order valence-corrected chi connectivity index (χ0v) is 15.2. The lowest BCUT2D eigenvalue weighted by Gasteiger charge is -2.14. The Morgan fingerprint density at radius 1 is 1.19 bits per heavy atom. The van der Waals surface area contributed by atoms with E-state index in [9.17, 15) is 14.7 Å². The molecule has 0 radical (unpaired) electrons. The number of aliphatic hydroxyl groups excluding tert-OH is 1. The van der Waals surface area contributed by atoms with Gasteiger partial charge >= 0.3 is 5.63 Å². The van der Waals surface area contributed by atoms with Crippen molar-refractivity contribution in [2.75, 3.05) is 13.2 Å². The van der Waals surface area contributed by atoms with Gasteiger partial charge in [0, 0.05) is 23.6 Å². The van der Waals surface area contributed by atoms with Crippen LogP contribution in [0.5, 0.6) is 5.75 Å². The highest BCUT2D eigenvalue weighted by molar-refractivity contribution is 5.85. The van der Waals surface area contributed by atoms with Gasteiger partial charge in [-0.25, -0.2) is 4.79 Å². The van der Waals surface area contributed by atoms with Gasteiger partial charge in [0.05, 0.1) is 6.10 Å². The van der Waals surface area contributed by atoms with E-state index in [2.05, 4.69) is 5.32 Å². The molecule has 0 saturated carbocycles. The topological polar surface area (TPSA) is 88.8 Å². The van der Waals surface area contributed by atoms with Crippen molar-refractivity contribution in [3.05, 3.63) is 75.6 Å². The summed E-state index contributed by atoms with van der Waals surface area (Å²) in [6, 6.07) is 14.1. The Labute approximate surface area is 156 Å². The summed E-state index contributed by atoms with van der Waals surface area (Å²) in [6.07, 6.45) is -0.783. The van der Waals surface area contributed by atoms with Gasteiger partial charge in [0.1, 0.15) is 11.3 Å². The summed E-state index contributed by atoms with van der Waals surface area (Å²) in [5.41, 5.74) is 2.24. The molecule has 0 aliphatic rings. The number of amides is 1. The van der Waals surface area contributed by atoms with Gasteiger partial charge in [0.15, 0.2) is 6.61 Å². The van der Waals surface area contributed by atoms with Crippen molar-refractivity contribution in [3.8, 4) is 5.75 Å². The predicted molar refractivity (Wildman–Crippen MR) is 102 cm³/mol. The molecule has 3 aromatic rings. The molecule has 1 aromatic heterocycles. The predicted octanol–water partition coefficient (Wildman–Crippen LogP) is 2.64. The van der Waals surface area contributed by atoms with Gasteiger partial charge in [-0.15, -0.1) is 0 Å². The van der Waals surface area contributed by atoms with Crippen LogP contribution in [0.4, 0.5) is 0 Å². The van der Waals surface area contributed by atoms with Crippen LogP contribution in [-0.2, 0) is 4.79 Å². The van der Waals surface area contributed by atoms with Crippen molar-refractivity contribution in [2.24, 2.45) is 0 Å². The smallest absolute Gasteiger partial charge is 0.336 e. The lowest BCUT2D eigenvalue weighted by atomic mass is 10.1. The molecule has 0 spiro atoms. The third-order valence-corrected chi connectivity index (χ3v) is 4.35. The summed E-state index contributed by atoms with van der Waals surface area (Å²) < 4.78 is 10.8. The molecule has 0 bridgehead atoms. The van der Waals surface area contributed by atoms with E-state index in [0.717, 1.165) is 16.5 Å². The second-order valence-corrected chi connectivity index (χ2v) is 6.33. The standard InChI is InChI=1S/C21H21NO5/c1-13-10-20(25)27-21-14(2)18(9-8-16(13)21)26-12-19(24)22-11-17(23)15-6-4-3-5-7-15/h3-10,17,23H,11-12H2,1-2H3,(H,22,24). The Morgan fingerprint density at radius 2 is 1.93 bits per heavy atom. The van der Waals surface area contributed by atoms with E-state index < -0.39 is 11.7 Å². The number of fused-ring (bicyclic) bond motifs is 1. The lowest BCUT2D eigenvalue weighted by Crippen LogP contribution is -2.32. The minimum atomic E-state index is -0.783. The van der Waals surface area contributed by atoms with Crippen molar-refractivity contribution in [1.29, 1.82) is 0 Å². The SMILES string of the molecule is Cc1cc(=O)oc2c(C)c(OCC(=O)NCC(O)c3ccccc3)ccc12. The average molecular weight is 367 g/mol. The summed E-state index contributed by atoms with van der Waals surface area (Å²) in [7, 11) is 0. The zero-order valence-electron chi connectivity index (χ0n) is 15.2. The van der Waals surface area contributed by atoms with Crippen LogP contribution in [0.1, 0.15) is 22.8 Å². The summed E-state index contributed by atoms with van der Waals surface area (Å²) >= 11 is 0. The number of benzene rings is 2. The van der Waals surface area contributed by atoms with E-state index >= 15 is 0 Å². The Kier molecular flexibility index (Phi) is 5.57. The highest BCUT2D eigenvalue weighted by Crippen LogP contribution is 2.28. The first kappa shape index (κ1) is 18.7. The Bertz CT molecular complexity index is 1010. The zero-order chi connectivity index (χ0) is 19.4. The maximum atomic E-state index is 12.0. The number of hydrogen-bond donors (Lipinski definition) is 2. The fourth-order valence-electron chi connectivity index (χ4n) is 2.85. The number of nitrogens with one attached hydrogen (secondary N) is 1. The fraction of sp³-hybridized carbons (Fsp3) is 0.238. The summed E-state index contributed by atoms with van der Waals surface area (Å²) in [6.45, 7) is 3.50. The molecule has 0 fully saturated rings. The van der Waals surface area contributed by atoms with E-state index in [1.165, 1.54) is 6.07 Å². The number of ether oxygens (including phenoxy) is 1. The van der Waals surface area contributed by atoms with Gasteiger partial charge in [-0.3, -0.25) is 4.79 Å². The van der Waals surface area contributed by atoms with Gasteiger partial charge in [-0.2, -0.15) is 0 Å². The van der Waals surface area contributed by atoms with Crippen LogP contribution >= 0.6 is 0 Å². The first-order valence-corrected chi connectivity index (χ1v) is 8.62. The monoisotopic (exact) mass is 367 g/mol. The molecule has 0 saturated heterocycles. The minimum Gasteiger partial charge on any atom is -0.483 e. The third kappa shape index (κ3) is 4.35. The van der Waals surface area contributed by atoms with Crippen molar-refractivity contribution in [3.63, 3.8) is 0 Å². The summed E-state index contributed by atoms with van der Waals surface area (Å²) in [5, 5.41) is 13.5. The number of carbonyl (C=O) groups excluding carboxylic acids is 1. The lowest BCUT2D eigenvalue weighted by molar-refractivity contribution is -0.123. The van der Waals surface area contributed by atoms with Gasteiger partial charge in [-0.05, 0) is 37.1 Å². The molecule has 1 heterocycles. The average Bonchev–Trinajstić information content (AvgIpc) is 2.66. The quantitative estimate of drug-likeness (QED) is 0.654. The number of carbonyl (C=O) groups is 1. The van der Waals surface area contributed by atoms with Crippen LogP contribution in [0.3, 0.4) is 0 Å². The molecule has 2 N–H and O–H groups in total. The van der Waals surface area contributed by atoms with Crippen LogP contribution in [0.25, 0.3) is 11.0 Å². The molecule has 2 aromatic carbocycles. The fourth-order valence-corrected chi connectivity index (χ4v) is 2.85. The first-order chi connectivity index (χ1) is 13.0. The van der Waals surface area contributed by atoms with Crippen LogP contribution in [-0.4, -0.2) is 24.2 Å². The molecule has 6 nitrogen and oxygen atoms in total. The van der Waals surface area contributed by atoms with E-state index in [0.29, 0.717) is 16.9 Å². The van der Waals surface area contributed by atoms with E-state index in [1.54, 1.807) is 31.2 Å². The van der Waals surface area contributed by atoms with Gasteiger partial charge in [0.2, 0.25) is 0 Å². The molecular formula is C21H21NO5. The molecule has 0 aliphatic carbocycles. The molecule has 1 amide bonds. The van der Waals surface area contributed by atoms with E-state index in [-0.39, 0.29) is 19.1 Å². The van der Waals surface area contributed by atoms with Crippen molar-refractivity contribution >= 4 is 16.9 Å². The third-order valence-electron chi connectivity index (χ3n) is 4.35. The maximum absolute atomic E-state index is 12.0. The van der Waals surface area contributed by atoms with Gasteiger partial charge < -0.3 is 19.6 Å². The Hall–Kier alpha value is -3.12. The van der Waals surface area contributed by atoms with Crippen molar-refractivity contribution in [2.45, 2.75) is 20.0 Å². The highest BCUT2D eigenvalue weighted by atomic mass is 16.5. The molecule has 3 rings (SSSR count).